The predicted octanol–water partition coefficient (Wildman–Crippen LogP) is 5.25. The van der Waals surface area contributed by atoms with Gasteiger partial charge in [-0.3, -0.25) is 0 Å². The predicted molar refractivity (Wildman–Crippen MR) is 96.1 cm³/mol. The Kier molecular flexibility index (Phi) is 4.76. The number of rotatable bonds is 4. The number of carbonyl (C=O) groups excluding carboxylic acids is 1. The van der Waals surface area contributed by atoms with Crippen molar-refractivity contribution in [2.75, 3.05) is 0 Å². The van der Waals surface area contributed by atoms with Gasteiger partial charge in [-0.05, 0) is 48.2 Å². The van der Waals surface area contributed by atoms with Crippen molar-refractivity contribution in [2.45, 2.75) is 20.0 Å². The zero-order valence-corrected chi connectivity index (χ0v) is 13.9. The molecule has 3 rings (SSSR count). The van der Waals surface area contributed by atoms with E-state index in [1.165, 1.54) is 0 Å². The Labute approximate surface area is 142 Å². The molecule has 0 atom stereocenters. The number of esters is 1. The van der Waals surface area contributed by atoms with Crippen LogP contribution in [0.2, 0.25) is 0 Å². The van der Waals surface area contributed by atoms with Crippen LogP contribution in [0.1, 0.15) is 38.7 Å². The number of hydrogen-bond donors (Lipinski definition) is 0. The third kappa shape index (κ3) is 3.54. The average Bonchev–Trinajstić information content (AvgIpc) is 2.63. The largest absolute Gasteiger partial charge is 0.449 e. The molecular formula is C22H20O2. The Morgan fingerprint density at radius 3 is 1.79 bits per heavy atom. The van der Waals surface area contributed by atoms with Crippen molar-refractivity contribution in [1.29, 1.82) is 0 Å². The number of benzene rings is 3. The lowest BCUT2D eigenvalue weighted by atomic mass is 10.0. The highest BCUT2D eigenvalue weighted by Gasteiger charge is 2.20. The van der Waals surface area contributed by atoms with Crippen LogP contribution in [0.4, 0.5) is 0 Å². The fourth-order valence-corrected chi connectivity index (χ4v) is 2.63. The molecule has 3 aromatic carbocycles. The fourth-order valence-electron chi connectivity index (χ4n) is 2.63. The maximum absolute atomic E-state index is 12.6. The summed E-state index contributed by atoms with van der Waals surface area (Å²) < 4.78 is 5.86. The SMILES string of the molecule is Cc1ccc(C(=O)OC(c2ccccc2)c2ccccc2)cc1C. The van der Waals surface area contributed by atoms with Crippen LogP contribution in [-0.2, 0) is 4.74 Å². The first-order chi connectivity index (χ1) is 11.6. The molecular weight excluding hydrogens is 296 g/mol. The molecule has 0 aliphatic heterocycles. The van der Waals surface area contributed by atoms with E-state index in [1.54, 1.807) is 0 Å². The van der Waals surface area contributed by atoms with E-state index in [1.807, 2.05) is 92.7 Å². The van der Waals surface area contributed by atoms with Gasteiger partial charge in [-0.2, -0.15) is 0 Å². The number of ether oxygens (including phenoxy) is 1. The number of hydrogen-bond acceptors (Lipinski definition) is 2. The van der Waals surface area contributed by atoms with E-state index in [-0.39, 0.29) is 5.97 Å². The molecule has 3 aromatic rings. The van der Waals surface area contributed by atoms with Gasteiger partial charge in [0.15, 0.2) is 6.10 Å². The summed E-state index contributed by atoms with van der Waals surface area (Å²) in [6, 6.07) is 25.3. The first-order valence-corrected chi connectivity index (χ1v) is 8.03. The van der Waals surface area contributed by atoms with Gasteiger partial charge in [0.25, 0.3) is 0 Å². The molecule has 0 heterocycles. The summed E-state index contributed by atoms with van der Waals surface area (Å²) in [5.41, 5.74) is 4.74. The monoisotopic (exact) mass is 316 g/mol. The van der Waals surface area contributed by atoms with E-state index in [0.29, 0.717) is 5.56 Å². The van der Waals surface area contributed by atoms with Gasteiger partial charge in [-0.1, -0.05) is 66.7 Å². The van der Waals surface area contributed by atoms with Gasteiger partial charge < -0.3 is 4.74 Å². The molecule has 0 aliphatic carbocycles. The van der Waals surface area contributed by atoms with Gasteiger partial charge in [-0.15, -0.1) is 0 Å². The molecule has 0 saturated heterocycles. The van der Waals surface area contributed by atoms with E-state index >= 15 is 0 Å². The maximum atomic E-state index is 12.6. The lowest BCUT2D eigenvalue weighted by Gasteiger charge is -2.19. The zero-order valence-electron chi connectivity index (χ0n) is 13.9. The van der Waals surface area contributed by atoms with Crippen molar-refractivity contribution in [1.82, 2.24) is 0 Å². The molecule has 0 unspecified atom stereocenters. The summed E-state index contributed by atoms with van der Waals surface area (Å²) in [6.45, 7) is 4.03. The summed E-state index contributed by atoms with van der Waals surface area (Å²) in [4.78, 5) is 12.6. The normalized spacial score (nSPS) is 10.6. The van der Waals surface area contributed by atoms with Crippen LogP contribution in [0.3, 0.4) is 0 Å². The molecule has 0 N–H and O–H groups in total. The van der Waals surface area contributed by atoms with Crippen molar-refractivity contribution in [3.05, 3.63) is 107 Å². The van der Waals surface area contributed by atoms with E-state index in [9.17, 15) is 4.79 Å². The molecule has 24 heavy (non-hydrogen) atoms. The lowest BCUT2D eigenvalue weighted by Crippen LogP contribution is -2.13. The van der Waals surface area contributed by atoms with Crippen molar-refractivity contribution in [3.8, 4) is 0 Å². The highest BCUT2D eigenvalue weighted by Crippen LogP contribution is 2.27. The Bertz CT molecular complexity index is 784. The van der Waals surface area contributed by atoms with Crippen LogP contribution >= 0.6 is 0 Å². The second kappa shape index (κ2) is 7.14. The summed E-state index contributed by atoms with van der Waals surface area (Å²) >= 11 is 0. The second-order valence-corrected chi connectivity index (χ2v) is 5.91. The minimum absolute atomic E-state index is 0.309. The van der Waals surface area contributed by atoms with E-state index in [0.717, 1.165) is 22.3 Å². The standard InChI is InChI=1S/C22H20O2/c1-16-13-14-20(15-17(16)2)22(23)24-21(18-9-5-3-6-10-18)19-11-7-4-8-12-19/h3-15,21H,1-2H3. The molecule has 0 aliphatic rings. The molecule has 2 nitrogen and oxygen atoms in total. The van der Waals surface area contributed by atoms with Gasteiger partial charge in [0.05, 0.1) is 5.56 Å². The van der Waals surface area contributed by atoms with Gasteiger partial charge >= 0.3 is 5.97 Å². The zero-order chi connectivity index (χ0) is 16.9. The van der Waals surface area contributed by atoms with Crippen LogP contribution in [-0.4, -0.2) is 5.97 Å². The minimum Gasteiger partial charge on any atom is -0.449 e. The molecule has 0 spiro atoms. The first kappa shape index (κ1) is 16.0. The lowest BCUT2D eigenvalue weighted by molar-refractivity contribution is 0.0378. The van der Waals surface area contributed by atoms with E-state index in [4.69, 9.17) is 4.74 Å². The third-order valence-corrected chi connectivity index (χ3v) is 4.17. The highest BCUT2D eigenvalue weighted by molar-refractivity contribution is 5.90. The number of aryl methyl sites for hydroxylation is 2. The molecule has 0 fully saturated rings. The van der Waals surface area contributed by atoms with Gasteiger partial charge in [-0.25, -0.2) is 4.79 Å². The second-order valence-electron chi connectivity index (χ2n) is 5.91. The van der Waals surface area contributed by atoms with Crippen molar-refractivity contribution < 1.29 is 9.53 Å². The molecule has 0 bridgehead atoms. The first-order valence-electron chi connectivity index (χ1n) is 8.03. The Hall–Kier alpha value is -2.87. The van der Waals surface area contributed by atoms with Crippen LogP contribution in [0.25, 0.3) is 0 Å². The third-order valence-electron chi connectivity index (χ3n) is 4.17. The minimum atomic E-state index is -0.415. The number of carbonyl (C=O) groups is 1. The van der Waals surface area contributed by atoms with Crippen LogP contribution in [0.5, 0.6) is 0 Å². The molecule has 120 valence electrons. The Morgan fingerprint density at radius 2 is 1.29 bits per heavy atom. The Morgan fingerprint density at radius 1 is 0.750 bits per heavy atom. The van der Waals surface area contributed by atoms with E-state index in [2.05, 4.69) is 0 Å². The highest BCUT2D eigenvalue weighted by atomic mass is 16.5. The van der Waals surface area contributed by atoms with E-state index < -0.39 is 6.10 Å². The summed E-state index contributed by atoms with van der Waals surface area (Å²) in [5.74, 6) is -0.309. The molecule has 0 saturated carbocycles. The average molecular weight is 316 g/mol. The van der Waals surface area contributed by atoms with Crippen LogP contribution < -0.4 is 0 Å². The van der Waals surface area contributed by atoms with Crippen LogP contribution in [0.15, 0.2) is 78.9 Å². The summed E-state index contributed by atoms with van der Waals surface area (Å²) in [5, 5.41) is 0. The summed E-state index contributed by atoms with van der Waals surface area (Å²) in [6.07, 6.45) is -0.415. The maximum Gasteiger partial charge on any atom is 0.339 e. The van der Waals surface area contributed by atoms with Gasteiger partial charge in [0, 0.05) is 0 Å². The van der Waals surface area contributed by atoms with Gasteiger partial charge in [0.1, 0.15) is 0 Å². The molecule has 0 radical (unpaired) electrons. The Balaban J connectivity index is 1.92. The van der Waals surface area contributed by atoms with Gasteiger partial charge in [0.2, 0.25) is 0 Å². The van der Waals surface area contributed by atoms with Crippen molar-refractivity contribution >= 4 is 5.97 Å². The molecule has 2 heteroatoms. The quantitative estimate of drug-likeness (QED) is 0.614. The summed E-state index contributed by atoms with van der Waals surface area (Å²) in [7, 11) is 0. The van der Waals surface area contributed by atoms with Crippen molar-refractivity contribution in [3.63, 3.8) is 0 Å². The molecule has 0 aromatic heterocycles. The topological polar surface area (TPSA) is 26.3 Å². The van der Waals surface area contributed by atoms with Crippen LogP contribution in [0, 0.1) is 13.8 Å². The smallest absolute Gasteiger partial charge is 0.339 e. The van der Waals surface area contributed by atoms with Crippen molar-refractivity contribution in [2.24, 2.45) is 0 Å². The fraction of sp³-hybridized carbons (Fsp3) is 0.136. The molecule has 0 amide bonds.